The molecule has 0 spiro atoms. The molecule has 3 aromatic heterocycles. The third-order valence-electron chi connectivity index (χ3n) is 3.16. The minimum Gasteiger partial charge on any atom is -0.338 e. The van der Waals surface area contributed by atoms with Gasteiger partial charge in [-0.2, -0.15) is 0 Å². The second-order valence-electron chi connectivity index (χ2n) is 4.46. The third kappa shape index (κ3) is 2.11. The van der Waals surface area contributed by atoms with Crippen molar-refractivity contribution in [2.75, 3.05) is 5.32 Å². The Morgan fingerprint density at radius 3 is 2.81 bits per heavy atom. The Kier molecular flexibility index (Phi) is 2.94. The van der Waals surface area contributed by atoms with E-state index in [2.05, 4.69) is 20.3 Å². The zero-order valence-electron chi connectivity index (χ0n) is 10.7. The number of anilines is 2. The number of halogens is 1. The van der Waals surface area contributed by atoms with E-state index in [0.717, 1.165) is 31.9 Å². The zero-order chi connectivity index (χ0) is 14.2. The summed E-state index contributed by atoms with van der Waals surface area (Å²) in [6.07, 6.45) is 3.34. The van der Waals surface area contributed by atoms with Gasteiger partial charge in [0.25, 0.3) is 0 Å². The maximum Gasteiger partial charge on any atom is 0.151 e. The molecule has 0 amide bonds. The summed E-state index contributed by atoms with van der Waals surface area (Å²) in [4.78, 5) is 14.1. The largest absolute Gasteiger partial charge is 0.338 e. The summed E-state index contributed by atoms with van der Waals surface area (Å²) in [6.45, 7) is 0. The van der Waals surface area contributed by atoms with E-state index in [-0.39, 0.29) is 0 Å². The van der Waals surface area contributed by atoms with E-state index in [1.54, 1.807) is 23.9 Å². The van der Waals surface area contributed by atoms with Crippen LogP contribution in [0.2, 0.25) is 5.02 Å². The molecule has 6 heteroatoms. The lowest BCUT2D eigenvalue weighted by Gasteiger charge is -2.07. The van der Waals surface area contributed by atoms with Gasteiger partial charge < -0.3 is 5.32 Å². The Morgan fingerprint density at radius 2 is 1.90 bits per heavy atom. The average Bonchev–Trinajstić information content (AvgIpc) is 2.89. The van der Waals surface area contributed by atoms with E-state index in [1.165, 1.54) is 0 Å². The Labute approximate surface area is 129 Å². The summed E-state index contributed by atoms with van der Waals surface area (Å²) in [5, 5.41) is 4.98. The lowest BCUT2D eigenvalue weighted by Crippen LogP contribution is -1.94. The van der Waals surface area contributed by atoms with Crippen LogP contribution in [0.1, 0.15) is 0 Å². The molecule has 0 aliphatic rings. The SMILES string of the molecule is Clc1ccccc1Nc1ncnc2c1sc1ncccc12. The molecule has 3 heterocycles. The average molecular weight is 313 g/mol. The van der Waals surface area contributed by atoms with Crippen molar-refractivity contribution in [2.24, 2.45) is 0 Å². The molecule has 21 heavy (non-hydrogen) atoms. The molecule has 0 unspecified atom stereocenters. The van der Waals surface area contributed by atoms with Crippen molar-refractivity contribution >= 4 is 54.9 Å². The van der Waals surface area contributed by atoms with Gasteiger partial charge in [-0.05, 0) is 24.3 Å². The maximum absolute atomic E-state index is 6.19. The van der Waals surface area contributed by atoms with E-state index in [0.29, 0.717) is 5.02 Å². The topological polar surface area (TPSA) is 50.7 Å². The first kappa shape index (κ1) is 12.5. The molecule has 0 aliphatic heterocycles. The molecule has 0 radical (unpaired) electrons. The number of aromatic nitrogens is 3. The zero-order valence-corrected chi connectivity index (χ0v) is 12.3. The number of nitrogens with zero attached hydrogens (tertiary/aromatic N) is 3. The first-order valence-electron chi connectivity index (χ1n) is 6.33. The van der Waals surface area contributed by atoms with E-state index in [9.17, 15) is 0 Å². The first-order chi connectivity index (χ1) is 10.3. The molecule has 0 aliphatic carbocycles. The summed E-state index contributed by atoms with van der Waals surface area (Å²) in [5.74, 6) is 0.746. The van der Waals surface area contributed by atoms with Crippen LogP contribution in [-0.2, 0) is 0 Å². The number of pyridine rings is 1. The van der Waals surface area contributed by atoms with Crippen LogP contribution in [0.15, 0.2) is 48.9 Å². The molecule has 4 nitrogen and oxygen atoms in total. The molecule has 0 saturated carbocycles. The van der Waals surface area contributed by atoms with E-state index >= 15 is 0 Å². The predicted octanol–water partition coefficient (Wildman–Crippen LogP) is 4.64. The van der Waals surface area contributed by atoms with Crippen LogP contribution < -0.4 is 5.32 Å². The van der Waals surface area contributed by atoms with E-state index < -0.39 is 0 Å². The fraction of sp³-hybridized carbons (Fsp3) is 0. The lowest BCUT2D eigenvalue weighted by atomic mass is 10.3. The third-order valence-corrected chi connectivity index (χ3v) is 4.59. The second-order valence-corrected chi connectivity index (χ2v) is 5.87. The molecule has 0 atom stereocenters. The highest BCUT2D eigenvalue weighted by atomic mass is 35.5. The number of fused-ring (bicyclic) bond motifs is 3. The highest BCUT2D eigenvalue weighted by Gasteiger charge is 2.12. The van der Waals surface area contributed by atoms with Gasteiger partial charge in [-0.15, -0.1) is 11.3 Å². The van der Waals surface area contributed by atoms with Crippen LogP contribution >= 0.6 is 22.9 Å². The minimum atomic E-state index is 0.656. The van der Waals surface area contributed by atoms with Gasteiger partial charge in [0.2, 0.25) is 0 Å². The number of rotatable bonds is 2. The number of nitrogens with one attached hydrogen (secondary N) is 1. The Bertz CT molecular complexity index is 951. The van der Waals surface area contributed by atoms with Crippen LogP contribution in [0, 0.1) is 0 Å². The van der Waals surface area contributed by atoms with Crippen molar-refractivity contribution in [1.82, 2.24) is 15.0 Å². The fourth-order valence-corrected chi connectivity index (χ4v) is 3.41. The van der Waals surface area contributed by atoms with Crippen LogP contribution in [0.4, 0.5) is 11.5 Å². The van der Waals surface area contributed by atoms with Crippen LogP contribution in [0.25, 0.3) is 20.4 Å². The van der Waals surface area contributed by atoms with Gasteiger partial charge >= 0.3 is 0 Å². The molecular formula is C15H9ClN4S. The van der Waals surface area contributed by atoms with Crippen LogP contribution in [0.3, 0.4) is 0 Å². The molecule has 4 rings (SSSR count). The van der Waals surface area contributed by atoms with Gasteiger partial charge in [0.1, 0.15) is 11.2 Å². The van der Waals surface area contributed by atoms with Crippen LogP contribution in [-0.4, -0.2) is 15.0 Å². The summed E-state index contributed by atoms with van der Waals surface area (Å²) >= 11 is 7.76. The Hall–Kier alpha value is -2.24. The van der Waals surface area contributed by atoms with Crippen molar-refractivity contribution in [3.05, 3.63) is 53.9 Å². The number of thiophene rings is 1. The smallest absolute Gasteiger partial charge is 0.151 e. The first-order valence-corrected chi connectivity index (χ1v) is 7.52. The van der Waals surface area contributed by atoms with E-state index in [1.807, 2.05) is 36.4 Å². The molecule has 4 aromatic rings. The minimum absolute atomic E-state index is 0.656. The standard InChI is InChI=1S/C15H9ClN4S/c16-10-5-1-2-6-11(10)20-14-13-12(18-8-19-14)9-4-3-7-17-15(9)21-13/h1-8H,(H,18,19,20). The monoisotopic (exact) mass is 312 g/mol. The lowest BCUT2D eigenvalue weighted by molar-refractivity contribution is 1.23. The highest BCUT2D eigenvalue weighted by Crippen LogP contribution is 2.36. The highest BCUT2D eigenvalue weighted by molar-refractivity contribution is 7.25. The van der Waals surface area contributed by atoms with Gasteiger partial charge in [0.15, 0.2) is 5.82 Å². The number of hydrogen-bond acceptors (Lipinski definition) is 5. The Balaban J connectivity index is 1.91. The predicted molar refractivity (Wildman–Crippen MR) is 87.5 cm³/mol. The second kappa shape index (κ2) is 4.95. The number of para-hydroxylation sites is 1. The summed E-state index contributed by atoms with van der Waals surface area (Å²) in [6, 6.07) is 11.5. The van der Waals surface area contributed by atoms with Crippen molar-refractivity contribution in [2.45, 2.75) is 0 Å². The number of benzene rings is 1. The van der Waals surface area contributed by atoms with Gasteiger partial charge in [-0.25, -0.2) is 15.0 Å². The Morgan fingerprint density at radius 1 is 1.00 bits per heavy atom. The van der Waals surface area contributed by atoms with Crippen molar-refractivity contribution in [3.63, 3.8) is 0 Å². The molecule has 0 saturated heterocycles. The summed E-state index contributed by atoms with van der Waals surface area (Å²) < 4.78 is 0.978. The van der Waals surface area contributed by atoms with E-state index in [4.69, 9.17) is 11.6 Å². The molecule has 1 N–H and O–H groups in total. The van der Waals surface area contributed by atoms with Crippen LogP contribution in [0.5, 0.6) is 0 Å². The molecule has 0 bridgehead atoms. The summed E-state index contributed by atoms with van der Waals surface area (Å²) in [5.41, 5.74) is 1.73. The van der Waals surface area contributed by atoms with Crippen molar-refractivity contribution < 1.29 is 0 Å². The van der Waals surface area contributed by atoms with Gasteiger partial charge in [0, 0.05) is 11.6 Å². The van der Waals surface area contributed by atoms with Crippen molar-refractivity contribution in [3.8, 4) is 0 Å². The number of hydrogen-bond donors (Lipinski definition) is 1. The normalized spacial score (nSPS) is 11.1. The molecule has 1 aromatic carbocycles. The van der Waals surface area contributed by atoms with Crippen molar-refractivity contribution in [1.29, 1.82) is 0 Å². The quantitative estimate of drug-likeness (QED) is 0.586. The maximum atomic E-state index is 6.19. The summed E-state index contributed by atoms with van der Waals surface area (Å²) in [7, 11) is 0. The van der Waals surface area contributed by atoms with Gasteiger partial charge in [-0.1, -0.05) is 23.7 Å². The van der Waals surface area contributed by atoms with Gasteiger partial charge in [-0.3, -0.25) is 0 Å². The molecular weight excluding hydrogens is 304 g/mol. The fourth-order valence-electron chi connectivity index (χ4n) is 2.19. The van der Waals surface area contributed by atoms with Gasteiger partial charge in [0.05, 0.1) is 20.9 Å². The molecule has 0 fully saturated rings. The molecule has 102 valence electrons.